The normalized spacial score (nSPS) is 12.8. The van der Waals surface area contributed by atoms with Crippen LogP contribution in [0.4, 0.5) is 0 Å². The minimum Gasteiger partial charge on any atom is -0.458 e. The maximum atomic E-state index is 6.35. The van der Waals surface area contributed by atoms with Gasteiger partial charge >= 0.3 is 0 Å². The summed E-state index contributed by atoms with van der Waals surface area (Å²) in [5, 5.41) is 1.08. The Balaban J connectivity index is 1.91. The number of hydrogen-bond acceptors (Lipinski definition) is 2. The van der Waals surface area contributed by atoms with Crippen molar-refractivity contribution in [3.8, 4) is 0 Å². The lowest BCUT2D eigenvalue weighted by molar-refractivity contribution is 0.492. The van der Waals surface area contributed by atoms with E-state index in [0.29, 0.717) is 0 Å². The van der Waals surface area contributed by atoms with Gasteiger partial charge in [-0.05, 0) is 59.5 Å². The first kappa shape index (κ1) is 14.4. The van der Waals surface area contributed by atoms with Gasteiger partial charge in [0.1, 0.15) is 11.3 Å². The van der Waals surface area contributed by atoms with Crippen molar-refractivity contribution in [1.29, 1.82) is 0 Å². The van der Waals surface area contributed by atoms with Gasteiger partial charge in [-0.2, -0.15) is 0 Å². The number of furan rings is 1. The van der Waals surface area contributed by atoms with E-state index in [9.17, 15) is 0 Å². The van der Waals surface area contributed by atoms with E-state index in [4.69, 9.17) is 10.2 Å². The molecular weight excluding hydrogens is 326 g/mol. The third-order valence-corrected chi connectivity index (χ3v) is 4.45. The van der Waals surface area contributed by atoms with E-state index in [-0.39, 0.29) is 6.04 Å². The molecule has 0 aliphatic rings. The van der Waals surface area contributed by atoms with Gasteiger partial charge in [-0.25, -0.2) is 0 Å². The highest BCUT2D eigenvalue weighted by Crippen LogP contribution is 2.30. The maximum absolute atomic E-state index is 6.35. The third kappa shape index (κ3) is 2.89. The van der Waals surface area contributed by atoms with Crippen LogP contribution in [0.5, 0.6) is 0 Å². The summed E-state index contributed by atoms with van der Waals surface area (Å²) in [6, 6.07) is 14.4. The zero-order chi connectivity index (χ0) is 15.0. The molecule has 3 heteroatoms. The SMILES string of the molecule is Cc1ccc(C)c(CC(N)c2cc3cccc(Br)c3o2)c1. The van der Waals surface area contributed by atoms with Gasteiger partial charge in [0.25, 0.3) is 0 Å². The fourth-order valence-electron chi connectivity index (χ4n) is 2.59. The van der Waals surface area contributed by atoms with Crippen molar-refractivity contribution < 1.29 is 4.42 Å². The van der Waals surface area contributed by atoms with E-state index in [1.807, 2.05) is 24.3 Å². The molecule has 1 atom stereocenters. The van der Waals surface area contributed by atoms with Crippen LogP contribution in [-0.2, 0) is 6.42 Å². The standard InChI is InChI=1S/C18H18BrNO/c1-11-6-7-12(2)14(8-11)9-16(20)17-10-13-4-3-5-15(19)18(13)21-17/h3-8,10,16H,9,20H2,1-2H3. The van der Waals surface area contributed by atoms with E-state index in [2.05, 4.69) is 48.0 Å². The van der Waals surface area contributed by atoms with Crippen LogP contribution in [0, 0.1) is 13.8 Å². The molecule has 1 heterocycles. The number of halogens is 1. The lowest BCUT2D eigenvalue weighted by atomic mass is 9.98. The van der Waals surface area contributed by atoms with Gasteiger partial charge in [-0.3, -0.25) is 0 Å². The van der Waals surface area contributed by atoms with Crippen LogP contribution in [0.2, 0.25) is 0 Å². The molecule has 21 heavy (non-hydrogen) atoms. The van der Waals surface area contributed by atoms with Crippen LogP contribution in [0.15, 0.2) is 51.4 Å². The highest BCUT2D eigenvalue weighted by molar-refractivity contribution is 9.10. The fourth-order valence-corrected chi connectivity index (χ4v) is 3.05. The quantitative estimate of drug-likeness (QED) is 0.722. The van der Waals surface area contributed by atoms with Crippen molar-refractivity contribution in [3.63, 3.8) is 0 Å². The predicted molar refractivity (Wildman–Crippen MR) is 90.5 cm³/mol. The second-order valence-corrected chi connectivity index (χ2v) is 6.40. The maximum Gasteiger partial charge on any atom is 0.148 e. The molecule has 0 saturated carbocycles. The number of hydrogen-bond donors (Lipinski definition) is 1. The Bertz CT molecular complexity index is 791. The molecule has 3 aromatic rings. The molecule has 2 aromatic carbocycles. The molecular formula is C18H18BrNO. The number of aryl methyl sites for hydroxylation is 2. The molecule has 0 aliphatic carbocycles. The zero-order valence-electron chi connectivity index (χ0n) is 12.2. The number of rotatable bonds is 3. The summed E-state index contributed by atoms with van der Waals surface area (Å²) in [6.07, 6.45) is 0.783. The van der Waals surface area contributed by atoms with Crippen LogP contribution in [-0.4, -0.2) is 0 Å². The van der Waals surface area contributed by atoms with Gasteiger partial charge in [-0.1, -0.05) is 35.9 Å². The summed E-state index contributed by atoms with van der Waals surface area (Å²) in [5.74, 6) is 0.831. The van der Waals surface area contributed by atoms with Crippen molar-refractivity contribution in [2.75, 3.05) is 0 Å². The minimum absolute atomic E-state index is 0.134. The summed E-state index contributed by atoms with van der Waals surface area (Å²) in [5.41, 5.74) is 11.0. The van der Waals surface area contributed by atoms with Crippen molar-refractivity contribution in [2.24, 2.45) is 5.73 Å². The smallest absolute Gasteiger partial charge is 0.148 e. The Morgan fingerprint density at radius 1 is 1.14 bits per heavy atom. The van der Waals surface area contributed by atoms with Gasteiger partial charge in [0.2, 0.25) is 0 Å². The molecule has 2 nitrogen and oxygen atoms in total. The lowest BCUT2D eigenvalue weighted by Gasteiger charge is -2.12. The van der Waals surface area contributed by atoms with Gasteiger partial charge in [0, 0.05) is 5.39 Å². The van der Waals surface area contributed by atoms with E-state index in [1.54, 1.807) is 0 Å². The molecule has 0 saturated heterocycles. The molecule has 0 amide bonds. The molecule has 108 valence electrons. The second-order valence-electron chi connectivity index (χ2n) is 5.55. The largest absolute Gasteiger partial charge is 0.458 e. The first-order valence-electron chi connectivity index (χ1n) is 7.04. The van der Waals surface area contributed by atoms with Crippen LogP contribution in [0.1, 0.15) is 28.5 Å². The molecule has 0 radical (unpaired) electrons. The van der Waals surface area contributed by atoms with Gasteiger partial charge in [-0.15, -0.1) is 0 Å². The zero-order valence-corrected chi connectivity index (χ0v) is 13.8. The highest BCUT2D eigenvalue weighted by atomic mass is 79.9. The van der Waals surface area contributed by atoms with Gasteiger partial charge in [0.05, 0.1) is 10.5 Å². The van der Waals surface area contributed by atoms with E-state index < -0.39 is 0 Å². The summed E-state index contributed by atoms with van der Waals surface area (Å²) < 4.78 is 6.89. The molecule has 3 rings (SSSR count). The second kappa shape index (κ2) is 5.66. The molecule has 1 aromatic heterocycles. The summed E-state index contributed by atoms with van der Waals surface area (Å²) >= 11 is 3.51. The van der Waals surface area contributed by atoms with Crippen LogP contribution in [0.25, 0.3) is 11.0 Å². The molecule has 2 N–H and O–H groups in total. The monoisotopic (exact) mass is 343 g/mol. The first-order chi connectivity index (χ1) is 10.0. The third-order valence-electron chi connectivity index (χ3n) is 3.83. The summed E-state index contributed by atoms with van der Waals surface area (Å²) in [7, 11) is 0. The average molecular weight is 344 g/mol. The number of fused-ring (bicyclic) bond motifs is 1. The Labute approximate surface area is 133 Å². The highest BCUT2D eigenvalue weighted by Gasteiger charge is 2.15. The fraction of sp³-hybridized carbons (Fsp3) is 0.222. The average Bonchev–Trinajstić information content (AvgIpc) is 2.88. The van der Waals surface area contributed by atoms with Crippen LogP contribution in [0.3, 0.4) is 0 Å². The van der Waals surface area contributed by atoms with E-state index in [0.717, 1.165) is 27.6 Å². The van der Waals surface area contributed by atoms with Crippen molar-refractivity contribution in [3.05, 3.63) is 69.4 Å². The van der Waals surface area contributed by atoms with Crippen molar-refractivity contribution in [1.82, 2.24) is 0 Å². The molecule has 0 bridgehead atoms. The van der Waals surface area contributed by atoms with Crippen molar-refractivity contribution >= 4 is 26.9 Å². The predicted octanol–water partition coefficient (Wildman–Crippen LogP) is 5.05. The van der Waals surface area contributed by atoms with Gasteiger partial charge in [0.15, 0.2) is 0 Å². The van der Waals surface area contributed by atoms with E-state index in [1.165, 1.54) is 16.7 Å². The first-order valence-corrected chi connectivity index (χ1v) is 7.83. The van der Waals surface area contributed by atoms with Gasteiger partial charge < -0.3 is 10.2 Å². The number of benzene rings is 2. The van der Waals surface area contributed by atoms with Crippen LogP contribution < -0.4 is 5.73 Å². The molecule has 0 spiro atoms. The summed E-state index contributed by atoms with van der Waals surface area (Å²) in [6.45, 7) is 4.23. The Kier molecular flexibility index (Phi) is 3.87. The summed E-state index contributed by atoms with van der Waals surface area (Å²) in [4.78, 5) is 0. The van der Waals surface area contributed by atoms with Crippen molar-refractivity contribution in [2.45, 2.75) is 26.3 Å². The van der Waals surface area contributed by atoms with Crippen LogP contribution >= 0.6 is 15.9 Å². The topological polar surface area (TPSA) is 39.2 Å². The molecule has 0 aliphatic heterocycles. The number of para-hydroxylation sites is 1. The molecule has 1 unspecified atom stereocenters. The number of nitrogens with two attached hydrogens (primary N) is 1. The lowest BCUT2D eigenvalue weighted by Crippen LogP contribution is -2.13. The minimum atomic E-state index is -0.134. The molecule has 0 fully saturated rings. The Hall–Kier alpha value is -1.58. The van der Waals surface area contributed by atoms with E-state index >= 15 is 0 Å². The Morgan fingerprint density at radius 3 is 2.71 bits per heavy atom. The Morgan fingerprint density at radius 2 is 1.95 bits per heavy atom.